The second-order valence-electron chi connectivity index (χ2n) is 5.46. The fourth-order valence-electron chi connectivity index (χ4n) is 2.67. The molecule has 130 valence electrons. The topological polar surface area (TPSA) is 68.3 Å². The van der Waals surface area contributed by atoms with Crippen molar-refractivity contribution in [2.45, 2.75) is 6.92 Å². The van der Waals surface area contributed by atoms with Crippen molar-refractivity contribution < 1.29 is 14.3 Å². The number of carbonyl (C=O) groups is 2. The number of hydrogen-bond donors (Lipinski definition) is 1. The van der Waals surface area contributed by atoms with Crippen LogP contribution in [-0.4, -0.2) is 23.5 Å². The molecule has 0 saturated heterocycles. The van der Waals surface area contributed by atoms with Gasteiger partial charge in [-0.15, -0.1) is 22.7 Å². The largest absolute Gasteiger partial charge is 0.462 e. The van der Waals surface area contributed by atoms with Crippen LogP contribution in [0, 0.1) is 0 Å². The smallest absolute Gasteiger partial charge is 0.341 e. The van der Waals surface area contributed by atoms with Crippen LogP contribution in [-0.2, 0) is 4.74 Å². The van der Waals surface area contributed by atoms with Gasteiger partial charge in [0.15, 0.2) is 5.01 Å². The molecule has 5 nitrogen and oxygen atoms in total. The van der Waals surface area contributed by atoms with E-state index in [1.165, 1.54) is 22.7 Å². The van der Waals surface area contributed by atoms with Gasteiger partial charge in [-0.3, -0.25) is 4.79 Å². The number of para-hydroxylation sites is 1. The second kappa shape index (κ2) is 6.86. The summed E-state index contributed by atoms with van der Waals surface area (Å²) < 4.78 is 7.03. The van der Waals surface area contributed by atoms with Crippen molar-refractivity contribution in [1.29, 1.82) is 0 Å². The quantitative estimate of drug-likeness (QED) is 0.508. The van der Waals surface area contributed by atoms with E-state index in [-0.39, 0.29) is 12.5 Å². The van der Waals surface area contributed by atoms with Crippen LogP contribution < -0.4 is 5.32 Å². The van der Waals surface area contributed by atoms with Crippen molar-refractivity contribution in [3.05, 3.63) is 59.1 Å². The molecule has 0 aliphatic rings. The van der Waals surface area contributed by atoms with Crippen LogP contribution in [0.15, 0.2) is 48.5 Å². The van der Waals surface area contributed by atoms with Crippen molar-refractivity contribution in [1.82, 2.24) is 4.98 Å². The van der Waals surface area contributed by atoms with Gasteiger partial charge in [-0.1, -0.05) is 30.3 Å². The molecule has 0 saturated carbocycles. The molecule has 4 rings (SSSR count). The summed E-state index contributed by atoms with van der Waals surface area (Å²) in [5.74, 6) is -0.771. The van der Waals surface area contributed by atoms with Gasteiger partial charge in [0.1, 0.15) is 10.6 Å². The highest BCUT2D eigenvalue weighted by molar-refractivity contribution is 7.24. The van der Waals surface area contributed by atoms with E-state index in [0.29, 0.717) is 15.6 Å². The van der Waals surface area contributed by atoms with Gasteiger partial charge in [0.25, 0.3) is 5.91 Å². The zero-order valence-electron chi connectivity index (χ0n) is 13.8. The Morgan fingerprint density at radius 2 is 1.77 bits per heavy atom. The molecule has 0 radical (unpaired) electrons. The molecular formula is C19H14N2O3S2. The number of benzene rings is 2. The van der Waals surface area contributed by atoms with Gasteiger partial charge in [-0.2, -0.15) is 0 Å². The van der Waals surface area contributed by atoms with Crippen LogP contribution in [0.25, 0.3) is 20.3 Å². The highest BCUT2D eigenvalue weighted by atomic mass is 32.1. The monoisotopic (exact) mass is 382 g/mol. The van der Waals surface area contributed by atoms with Crippen molar-refractivity contribution in [3.63, 3.8) is 0 Å². The molecule has 1 amide bonds. The van der Waals surface area contributed by atoms with E-state index in [0.717, 1.165) is 20.3 Å². The Balaban J connectivity index is 1.72. The lowest BCUT2D eigenvalue weighted by atomic mass is 10.1. The first-order valence-electron chi connectivity index (χ1n) is 8.03. The summed E-state index contributed by atoms with van der Waals surface area (Å²) in [6.45, 7) is 2.03. The van der Waals surface area contributed by atoms with E-state index in [1.807, 2.05) is 48.5 Å². The lowest BCUT2D eigenvalue weighted by molar-refractivity contribution is 0.0530. The number of carbonyl (C=O) groups excluding carboxylic acids is 2. The van der Waals surface area contributed by atoms with Crippen molar-refractivity contribution in [3.8, 4) is 0 Å². The van der Waals surface area contributed by atoms with Gasteiger partial charge >= 0.3 is 5.97 Å². The molecule has 1 N–H and O–H groups in total. The number of rotatable bonds is 4. The molecule has 0 aliphatic carbocycles. The molecule has 0 spiro atoms. The van der Waals surface area contributed by atoms with Gasteiger partial charge in [0, 0.05) is 10.1 Å². The number of amides is 1. The molecule has 0 aliphatic heterocycles. The zero-order chi connectivity index (χ0) is 18.1. The van der Waals surface area contributed by atoms with Crippen LogP contribution in [0.5, 0.6) is 0 Å². The summed E-state index contributed by atoms with van der Waals surface area (Å²) in [6.07, 6.45) is 0. The minimum absolute atomic E-state index is 0.272. The van der Waals surface area contributed by atoms with Gasteiger partial charge in [-0.25, -0.2) is 9.78 Å². The molecule has 26 heavy (non-hydrogen) atoms. The summed E-state index contributed by atoms with van der Waals surface area (Å²) in [4.78, 5) is 29.5. The summed E-state index contributed by atoms with van der Waals surface area (Å²) in [5.41, 5.74) is 1.17. The van der Waals surface area contributed by atoms with E-state index in [4.69, 9.17) is 4.74 Å². The third-order valence-corrected chi connectivity index (χ3v) is 5.91. The van der Waals surface area contributed by atoms with Crippen molar-refractivity contribution in [2.75, 3.05) is 11.9 Å². The maximum atomic E-state index is 12.7. The first-order chi connectivity index (χ1) is 12.7. The number of aromatic nitrogens is 1. The van der Waals surface area contributed by atoms with Gasteiger partial charge < -0.3 is 10.1 Å². The highest BCUT2D eigenvalue weighted by Crippen LogP contribution is 2.36. The second-order valence-corrected chi connectivity index (χ2v) is 7.55. The molecule has 4 aromatic rings. The fraction of sp³-hybridized carbons (Fsp3) is 0.105. The van der Waals surface area contributed by atoms with Crippen LogP contribution in [0.4, 0.5) is 5.00 Å². The number of anilines is 1. The predicted molar refractivity (Wildman–Crippen MR) is 105 cm³/mol. The number of nitrogens with one attached hydrogen (secondary N) is 1. The number of thiophene rings is 1. The van der Waals surface area contributed by atoms with Crippen LogP contribution in [0.3, 0.4) is 0 Å². The molecule has 0 bridgehead atoms. The Labute approximate surface area is 157 Å². The Morgan fingerprint density at radius 3 is 2.54 bits per heavy atom. The van der Waals surface area contributed by atoms with Crippen molar-refractivity contribution >= 4 is 59.9 Å². The van der Waals surface area contributed by atoms with Crippen LogP contribution in [0.1, 0.15) is 27.1 Å². The third kappa shape index (κ3) is 2.95. The number of esters is 1. The summed E-state index contributed by atoms with van der Waals surface area (Å²) in [6, 6.07) is 15.1. The number of fused-ring (bicyclic) bond motifs is 2. The SMILES string of the molecule is CCOC(=O)c1c(NC(=O)c2nc3ccccc3s2)sc2ccccc12. The average Bonchev–Trinajstić information content (AvgIpc) is 3.22. The molecule has 2 aromatic heterocycles. The molecule has 2 aromatic carbocycles. The van der Waals surface area contributed by atoms with E-state index in [9.17, 15) is 9.59 Å². The van der Waals surface area contributed by atoms with Crippen LogP contribution >= 0.6 is 22.7 Å². The predicted octanol–water partition coefficient (Wildman–Crippen LogP) is 4.94. The minimum atomic E-state index is -0.440. The van der Waals surface area contributed by atoms with Crippen molar-refractivity contribution in [2.24, 2.45) is 0 Å². The van der Waals surface area contributed by atoms with E-state index in [2.05, 4.69) is 10.3 Å². The van der Waals surface area contributed by atoms with Gasteiger partial charge in [-0.05, 0) is 25.1 Å². The number of thiazole rings is 1. The first-order valence-corrected chi connectivity index (χ1v) is 9.66. The fourth-order valence-corrected chi connectivity index (χ4v) is 4.61. The maximum absolute atomic E-state index is 12.7. The zero-order valence-corrected chi connectivity index (χ0v) is 15.4. The minimum Gasteiger partial charge on any atom is -0.462 e. The average molecular weight is 382 g/mol. The Hall–Kier alpha value is -2.77. The van der Waals surface area contributed by atoms with Crippen LogP contribution in [0.2, 0.25) is 0 Å². The lowest BCUT2D eigenvalue weighted by Gasteiger charge is -2.05. The van der Waals surface area contributed by atoms with E-state index < -0.39 is 5.97 Å². The molecule has 0 fully saturated rings. The molecular weight excluding hydrogens is 368 g/mol. The van der Waals surface area contributed by atoms with Gasteiger partial charge in [0.05, 0.1) is 16.8 Å². The Kier molecular flexibility index (Phi) is 4.40. The first kappa shape index (κ1) is 16.7. The lowest BCUT2D eigenvalue weighted by Crippen LogP contribution is -2.14. The molecule has 7 heteroatoms. The summed E-state index contributed by atoms with van der Waals surface area (Å²) in [5, 5.41) is 4.46. The number of ether oxygens (including phenoxy) is 1. The standard InChI is InChI=1S/C19H14N2O3S2/c1-2-24-19(23)15-11-7-3-5-9-13(11)25-17(15)21-16(22)18-20-12-8-4-6-10-14(12)26-18/h3-10H,2H2,1H3,(H,21,22). The molecule has 2 heterocycles. The number of nitrogens with zero attached hydrogens (tertiary/aromatic N) is 1. The number of hydrogen-bond acceptors (Lipinski definition) is 6. The normalized spacial score (nSPS) is 11.0. The summed E-state index contributed by atoms with van der Waals surface area (Å²) in [7, 11) is 0. The molecule has 0 unspecified atom stereocenters. The summed E-state index contributed by atoms with van der Waals surface area (Å²) >= 11 is 2.67. The Morgan fingerprint density at radius 1 is 1.04 bits per heavy atom. The molecule has 0 atom stereocenters. The third-order valence-electron chi connectivity index (χ3n) is 3.79. The highest BCUT2D eigenvalue weighted by Gasteiger charge is 2.23. The Bertz CT molecular complexity index is 1100. The van der Waals surface area contributed by atoms with E-state index in [1.54, 1.807) is 6.92 Å². The van der Waals surface area contributed by atoms with Gasteiger partial charge in [0.2, 0.25) is 0 Å². The van der Waals surface area contributed by atoms with E-state index >= 15 is 0 Å². The maximum Gasteiger partial charge on any atom is 0.341 e.